The molecule has 0 bridgehead atoms. The van der Waals surface area contributed by atoms with Crippen LogP contribution in [0.15, 0.2) is 30.3 Å². The van der Waals surface area contributed by atoms with E-state index in [1.54, 1.807) is 30.8 Å². The molecule has 9 heteroatoms. The average molecular weight is 563 g/mol. The van der Waals surface area contributed by atoms with Crippen molar-refractivity contribution in [2.45, 2.75) is 92.8 Å². The van der Waals surface area contributed by atoms with E-state index in [-0.39, 0.29) is 35.7 Å². The minimum Gasteiger partial charge on any atom is -0.469 e. The topological polar surface area (TPSA) is 108 Å². The Bertz CT molecular complexity index is 956. The average Bonchev–Trinajstić information content (AvgIpc) is 2.87. The summed E-state index contributed by atoms with van der Waals surface area (Å²) < 4.78 is 4.11. The van der Waals surface area contributed by atoms with Gasteiger partial charge in [-0.25, -0.2) is 0 Å². The molecule has 2 N–H and O–H groups in total. The predicted octanol–water partition coefficient (Wildman–Crippen LogP) is 3.61. The van der Waals surface area contributed by atoms with Crippen LogP contribution >= 0.6 is 0 Å². The van der Waals surface area contributed by atoms with Crippen LogP contribution in [0.4, 0.5) is 0 Å². The molecular formula is C31H54N4O5. The highest BCUT2D eigenvalue weighted by molar-refractivity contribution is 5.91. The number of methoxy groups -OCH3 is 1. The molecule has 0 heterocycles. The number of rotatable bonds is 11. The third-order valence-electron chi connectivity index (χ3n) is 7.33. The molecule has 0 radical (unpaired) electrons. The van der Waals surface area contributed by atoms with Gasteiger partial charge in [0.2, 0.25) is 17.7 Å². The van der Waals surface area contributed by atoms with Crippen molar-refractivity contribution in [3.63, 3.8) is 0 Å². The summed E-state index contributed by atoms with van der Waals surface area (Å²) in [4.78, 5) is 52.5. The zero-order chi connectivity index (χ0) is 31.4. The number of nitrogens with zero attached hydrogens (tertiary/aromatic N) is 2. The van der Waals surface area contributed by atoms with Crippen LogP contribution in [0, 0.1) is 11.3 Å². The molecule has 1 aromatic carbocycles. The normalized spacial score (nSPS) is 13.8. The first kappa shape index (κ1) is 37.1. The summed E-state index contributed by atoms with van der Waals surface area (Å²) in [6, 6.07) is 8.47. The third-order valence-corrected chi connectivity index (χ3v) is 7.33. The van der Waals surface area contributed by atoms with E-state index in [4.69, 9.17) is 0 Å². The Balaban J connectivity index is 0.00000277. The minimum atomic E-state index is -0.726. The lowest BCUT2D eigenvalue weighted by Crippen LogP contribution is -2.62. The fourth-order valence-electron chi connectivity index (χ4n) is 4.58. The molecule has 0 saturated heterocycles. The van der Waals surface area contributed by atoms with Gasteiger partial charge in [-0.1, -0.05) is 78.8 Å². The minimum absolute atomic E-state index is 0.0142. The molecule has 3 amide bonds. The summed E-state index contributed by atoms with van der Waals surface area (Å²) in [6.07, 6.45) is 0. The smallest absolute Gasteiger partial charge is 0.302 e. The predicted molar refractivity (Wildman–Crippen MR) is 161 cm³/mol. The molecule has 228 valence electrons. The number of carbonyl (C=O) groups is 4. The van der Waals surface area contributed by atoms with Gasteiger partial charge in [0.05, 0.1) is 19.2 Å². The Morgan fingerprint density at radius 1 is 0.950 bits per heavy atom. The van der Waals surface area contributed by atoms with E-state index in [0.29, 0.717) is 13.1 Å². The Morgan fingerprint density at radius 2 is 1.45 bits per heavy atom. The first-order valence-electron chi connectivity index (χ1n) is 14.0. The van der Waals surface area contributed by atoms with E-state index in [1.165, 1.54) is 14.0 Å². The highest BCUT2D eigenvalue weighted by Gasteiger charge is 2.42. The summed E-state index contributed by atoms with van der Waals surface area (Å²) in [6.45, 7) is 19.9. The van der Waals surface area contributed by atoms with E-state index in [9.17, 15) is 19.2 Å². The number of likely N-dealkylation sites (N-methyl/N-ethyl adjacent to an activating group) is 3. The molecule has 0 aliphatic carbocycles. The van der Waals surface area contributed by atoms with Crippen molar-refractivity contribution in [2.24, 2.45) is 11.3 Å². The maximum Gasteiger partial charge on any atom is 0.302 e. The van der Waals surface area contributed by atoms with E-state index < -0.39 is 22.9 Å². The molecule has 0 spiro atoms. The fraction of sp³-hybridized carbons (Fsp3) is 0.677. The van der Waals surface area contributed by atoms with Crippen LogP contribution in [0.1, 0.15) is 74.8 Å². The van der Waals surface area contributed by atoms with Crippen LogP contribution in [0.5, 0.6) is 0 Å². The van der Waals surface area contributed by atoms with Crippen molar-refractivity contribution in [1.82, 2.24) is 20.4 Å². The van der Waals surface area contributed by atoms with Crippen molar-refractivity contribution in [2.75, 3.05) is 34.3 Å². The van der Waals surface area contributed by atoms with Crippen LogP contribution in [0.2, 0.25) is 0 Å². The molecule has 0 unspecified atom stereocenters. The van der Waals surface area contributed by atoms with E-state index in [2.05, 4.69) is 15.4 Å². The zero-order valence-corrected chi connectivity index (χ0v) is 27.0. The van der Waals surface area contributed by atoms with E-state index in [1.807, 2.05) is 85.7 Å². The second-order valence-electron chi connectivity index (χ2n) is 12.1. The van der Waals surface area contributed by atoms with Crippen molar-refractivity contribution >= 4 is 23.7 Å². The van der Waals surface area contributed by atoms with Crippen molar-refractivity contribution in [3.05, 3.63) is 35.9 Å². The van der Waals surface area contributed by atoms with Gasteiger partial charge in [0.1, 0.15) is 6.04 Å². The van der Waals surface area contributed by atoms with Gasteiger partial charge in [0.25, 0.3) is 0 Å². The van der Waals surface area contributed by atoms with Gasteiger partial charge in [-0.3, -0.25) is 19.2 Å². The highest BCUT2D eigenvalue weighted by Crippen LogP contribution is 2.29. The Labute approximate surface area is 242 Å². The molecular weight excluding hydrogens is 508 g/mol. The molecule has 1 rings (SSSR count). The van der Waals surface area contributed by atoms with E-state index >= 15 is 0 Å². The van der Waals surface area contributed by atoms with Crippen molar-refractivity contribution < 1.29 is 23.9 Å². The lowest BCUT2D eigenvalue weighted by atomic mass is 9.76. The zero-order valence-electron chi connectivity index (χ0n) is 27.0. The molecule has 3 atom stereocenters. The van der Waals surface area contributed by atoms with Gasteiger partial charge < -0.3 is 25.2 Å². The van der Waals surface area contributed by atoms with Crippen LogP contribution in [0.25, 0.3) is 0 Å². The molecule has 0 aliphatic rings. The molecule has 0 saturated carbocycles. The Morgan fingerprint density at radius 3 is 1.80 bits per heavy atom. The number of nitrogens with one attached hydrogen (secondary N) is 2. The first-order valence-corrected chi connectivity index (χ1v) is 14.0. The maximum absolute atomic E-state index is 13.8. The van der Waals surface area contributed by atoms with Gasteiger partial charge >= 0.3 is 5.97 Å². The molecule has 0 aromatic heterocycles. The monoisotopic (exact) mass is 562 g/mol. The first-order chi connectivity index (χ1) is 18.4. The SMILES string of the molecule is CCN(C[C@H](C(C)C)N(C)C(=O)[C@@H](NC(=O)[C@@H](NC)C(C)(C)c1ccccc1)C(C)(C)C)C(C)=O.COC(C)=O. The van der Waals surface area contributed by atoms with Gasteiger partial charge in [-0.15, -0.1) is 0 Å². The fourth-order valence-corrected chi connectivity index (χ4v) is 4.58. The van der Waals surface area contributed by atoms with Crippen molar-refractivity contribution in [3.8, 4) is 0 Å². The number of amides is 3. The molecule has 1 aromatic rings. The van der Waals surface area contributed by atoms with Crippen LogP contribution < -0.4 is 10.6 Å². The Kier molecular flexibility index (Phi) is 15.2. The van der Waals surface area contributed by atoms with Gasteiger partial charge in [0.15, 0.2) is 0 Å². The molecule has 9 nitrogen and oxygen atoms in total. The lowest BCUT2D eigenvalue weighted by molar-refractivity contribution is -0.143. The molecule has 0 fully saturated rings. The summed E-state index contributed by atoms with van der Waals surface area (Å²) in [5.74, 6) is -0.500. The second-order valence-corrected chi connectivity index (χ2v) is 12.1. The summed E-state index contributed by atoms with van der Waals surface area (Å²) in [5.41, 5.74) is 0.0260. The number of carbonyl (C=O) groups excluding carboxylic acids is 4. The second kappa shape index (κ2) is 16.4. The number of ether oxygens (including phenoxy) is 1. The third kappa shape index (κ3) is 10.9. The standard InChI is InChI=1S/C28H48N4O3.C3H6O2/c1-12-32(20(4)33)18-22(19(2)3)31(11)26(35)24(27(5,6)7)30-25(34)23(29-10)28(8,9)21-16-14-13-15-17-21;1-3(4)5-2/h13-17,19,22-24,29H,12,18H2,1-11H3,(H,30,34);1-2H3/t22-,23-,24-;/m1./s1. The van der Waals surface area contributed by atoms with Gasteiger partial charge in [0, 0.05) is 39.4 Å². The van der Waals surface area contributed by atoms with E-state index in [0.717, 1.165) is 5.56 Å². The van der Waals surface area contributed by atoms with Gasteiger partial charge in [-0.2, -0.15) is 0 Å². The summed E-state index contributed by atoms with van der Waals surface area (Å²) >= 11 is 0. The number of hydrogen-bond acceptors (Lipinski definition) is 6. The van der Waals surface area contributed by atoms with Crippen LogP contribution in [0.3, 0.4) is 0 Å². The van der Waals surface area contributed by atoms with Gasteiger partial charge in [-0.05, 0) is 30.9 Å². The van der Waals surface area contributed by atoms with Crippen molar-refractivity contribution in [1.29, 1.82) is 0 Å². The number of esters is 1. The molecule has 40 heavy (non-hydrogen) atoms. The van der Waals surface area contributed by atoms with Crippen LogP contribution in [-0.2, 0) is 29.3 Å². The van der Waals surface area contributed by atoms with Crippen LogP contribution in [-0.4, -0.2) is 85.9 Å². The number of benzene rings is 1. The lowest BCUT2D eigenvalue weighted by Gasteiger charge is -2.41. The Hall–Kier alpha value is -2.94. The molecule has 0 aliphatic heterocycles. The highest BCUT2D eigenvalue weighted by atomic mass is 16.5. The number of hydrogen-bond donors (Lipinski definition) is 2. The maximum atomic E-state index is 13.8. The summed E-state index contributed by atoms with van der Waals surface area (Å²) in [5, 5.41) is 6.25. The summed E-state index contributed by atoms with van der Waals surface area (Å²) in [7, 11) is 4.89. The largest absolute Gasteiger partial charge is 0.469 e. The quantitative estimate of drug-likeness (QED) is 0.399.